The van der Waals surface area contributed by atoms with Crippen LogP contribution < -0.4 is 10.1 Å². The summed E-state index contributed by atoms with van der Waals surface area (Å²) in [7, 11) is 1.78. The maximum absolute atomic E-state index is 6.18. The van der Waals surface area contributed by atoms with Crippen LogP contribution in [0.5, 0.6) is 5.88 Å². The molecule has 2 aromatic heterocycles. The molecule has 0 radical (unpaired) electrons. The van der Waals surface area contributed by atoms with Gasteiger partial charge in [0.1, 0.15) is 10.9 Å². The van der Waals surface area contributed by atoms with Gasteiger partial charge in [0.15, 0.2) is 0 Å². The zero-order valence-electron chi connectivity index (χ0n) is 12.5. The average Bonchev–Trinajstić information content (AvgIpc) is 2.96. The summed E-state index contributed by atoms with van der Waals surface area (Å²) in [6, 6.07) is 2.03. The molecule has 2 aromatic rings. The number of rotatable bonds is 5. The molecule has 1 aliphatic rings. The van der Waals surface area contributed by atoms with Crippen molar-refractivity contribution in [3.05, 3.63) is 11.4 Å². The van der Waals surface area contributed by atoms with Crippen LogP contribution in [0.1, 0.15) is 32.6 Å². The smallest absolute Gasteiger partial charge is 0.227 e. The van der Waals surface area contributed by atoms with Gasteiger partial charge in [0, 0.05) is 20.1 Å². The first-order valence-corrected chi connectivity index (χ1v) is 8.36. The third kappa shape index (κ3) is 3.27. The number of nitrogens with one attached hydrogen (secondary N) is 1. The van der Waals surface area contributed by atoms with Gasteiger partial charge in [-0.2, -0.15) is 4.98 Å². The van der Waals surface area contributed by atoms with Gasteiger partial charge in [-0.25, -0.2) is 4.98 Å². The van der Waals surface area contributed by atoms with Crippen LogP contribution >= 0.6 is 11.3 Å². The molecule has 2 unspecified atom stereocenters. The van der Waals surface area contributed by atoms with E-state index in [9.17, 15) is 0 Å². The Morgan fingerprint density at radius 2 is 2.19 bits per heavy atom. The first kappa shape index (κ1) is 14.5. The number of methoxy groups -OCH3 is 1. The highest BCUT2D eigenvalue weighted by molar-refractivity contribution is 7.16. The highest BCUT2D eigenvalue weighted by atomic mass is 32.1. The number of fused-ring (bicyclic) bond motifs is 1. The Bertz CT molecular complexity index is 602. The number of ether oxygens (including phenoxy) is 2. The summed E-state index contributed by atoms with van der Waals surface area (Å²) in [5, 5.41) is 6.20. The first-order valence-electron chi connectivity index (χ1n) is 7.48. The monoisotopic (exact) mass is 307 g/mol. The van der Waals surface area contributed by atoms with Crippen molar-refractivity contribution in [2.75, 3.05) is 19.0 Å². The molecular weight excluding hydrogens is 286 g/mol. The van der Waals surface area contributed by atoms with Crippen molar-refractivity contribution in [3.63, 3.8) is 0 Å². The molecule has 1 fully saturated rings. The normalized spacial score (nSPS) is 22.4. The van der Waals surface area contributed by atoms with Crippen molar-refractivity contribution in [3.8, 4) is 5.88 Å². The molecule has 0 aromatic carbocycles. The lowest BCUT2D eigenvalue weighted by Gasteiger charge is -2.28. The molecule has 2 atom stereocenters. The lowest BCUT2D eigenvalue weighted by molar-refractivity contribution is 0.0201. The number of hydrogen-bond acceptors (Lipinski definition) is 6. The molecule has 0 bridgehead atoms. The van der Waals surface area contributed by atoms with Crippen LogP contribution in [-0.4, -0.2) is 35.8 Å². The minimum Gasteiger partial charge on any atom is -0.474 e. The number of hydrogen-bond donors (Lipinski definition) is 1. The Hall–Kier alpha value is -1.40. The fourth-order valence-corrected chi connectivity index (χ4v) is 3.49. The highest BCUT2D eigenvalue weighted by Gasteiger charge is 2.24. The SMILES string of the molecule is CCNc1nc(OC2CCCC(OC)C2)c2ccsc2n1. The second-order valence-electron chi connectivity index (χ2n) is 5.29. The Kier molecular flexibility index (Phi) is 4.55. The van der Waals surface area contributed by atoms with Crippen molar-refractivity contribution < 1.29 is 9.47 Å². The molecule has 6 heteroatoms. The third-order valence-electron chi connectivity index (χ3n) is 3.81. The maximum Gasteiger partial charge on any atom is 0.227 e. The number of nitrogens with zero attached hydrogens (tertiary/aromatic N) is 2. The minimum absolute atomic E-state index is 0.177. The standard InChI is InChI=1S/C15H21N3O2S/c1-3-16-15-17-13(12-7-8-21-14(12)18-15)20-11-6-4-5-10(9-11)19-2/h7-8,10-11H,3-6,9H2,1-2H3,(H,16,17,18). The molecule has 0 aliphatic heterocycles. The van der Waals surface area contributed by atoms with Gasteiger partial charge in [-0.05, 0) is 37.6 Å². The van der Waals surface area contributed by atoms with Crippen LogP contribution in [0.4, 0.5) is 5.95 Å². The average molecular weight is 307 g/mol. The van der Waals surface area contributed by atoms with Gasteiger partial charge in [0.2, 0.25) is 11.8 Å². The van der Waals surface area contributed by atoms with E-state index in [0.717, 1.165) is 42.4 Å². The Morgan fingerprint density at radius 1 is 1.33 bits per heavy atom. The van der Waals surface area contributed by atoms with Crippen LogP contribution in [0.3, 0.4) is 0 Å². The first-order chi connectivity index (χ1) is 10.3. The van der Waals surface area contributed by atoms with Gasteiger partial charge in [-0.1, -0.05) is 0 Å². The zero-order valence-corrected chi connectivity index (χ0v) is 13.3. The molecule has 1 saturated carbocycles. The second kappa shape index (κ2) is 6.58. The summed E-state index contributed by atoms with van der Waals surface area (Å²) in [4.78, 5) is 10.00. The fourth-order valence-electron chi connectivity index (χ4n) is 2.74. The van der Waals surface area contributed by atoms with E-state index in [1.54, 1.807) is 18.4 Å². The highest BCUT2D eigenvalue weighted by Crippen LogP contribution is 2.31. The second-order valence-corrected chi connectivity index (χ2v) is 6.18. The van der Waals surface area contributed by atoms with Crippen molar-refractivity contribution in [1.82, 2.24) is 9.97 Å². The molecule has 0 spiro atoms. The van der Waals surface area contributed by atoms with Crippen LogP contribution in [0.15, 0.2) is 11.4 Å². The van der Waals surface area contributed by atoms with Crippen molar-refractivity contribution in [2.45, 2.75) is 44.8 Å². The molecule has 21 heavy (non-hydrogen) atoms. The van der Waals surface area contributed by atoms with E-state index >= 15 is 0 Å². The summed E-state index contributed by atoms with van der Waals surface area (Å²) in [6.07, 6.45) is 4.74. The van der Waals surface area contributed by atoms with E-state index in [1.807, 2.05) is 18.4 Å². The van der Waals surface area contributed by atoms with Crippen molar-refractivity contribution >= 4 is 27.5 Å². The van der Waals surface area contributed by atoms with Gasteiger partial charge >= 0.3 is 0 Å². The Labute approximate surface area is 128 Å². The summed E-state index contributed by atoms with van der Waals surface area (Å²) in [5.74, 6) is 1.33. The van der Waals surface area contributed by atoms with E-state index in [-0.39, 0.29) is 6.10 Å². The Balaban J connectivity index is 1.83. The summed E-state index contributed by atoms with van der Waals surface area (Å²) >= 11 is 1.61. The lowest BCUT2D eigenvalue weighted by atomic mass is 9.95. The topological polar surface area (TPSA) is 56.3 Å². The van der Waals surface area contributed by atoms with E-state index in [2.05, 4.69) is 15.3 Å². The van der Waals surface area contributed by atoms with E-state index < -0.39 is 0 Å². The largest absolute Gasteiger partial charge is 0.474 e. The van der Waals surface area contributed by atoms with Crippen LogP contribution in [-0.2, 0) is 4.74 Å². The quantitative estimate of drug-likeness (QED) is 0.916. The molecule has 1 N–H and O–H groups in total. The third-order valence-corrected chi connectivity index (χ3v) is 4.62. The fraction of sp³-hybridized carbons (Fsp3) is 0.600. The van der Waals surface area contributed by atoms with Crippen LogP contribution in [0, 0.1) is 0 Å². The lowest BCUT2D eigenvalue weighted by Crippen LogP contribution is -2.29. The van der Waals surface area contributed by atoms with Crippen LogP contribution in [0.2, 0.25) is 0 Å². The van der Waals surface area contributed by atoms with Gasteiger partial charge in [-0.15, -0.1) is 11.3 Å². The summed E-state index contributed by atoms with van der Waals surface area (Å²) in [6.45, 7) is 2.83. The molecular formula is C15H21N3O2S. The molecule has 0 amide bonds. The minimum atomic E-state index is 0.177. The van der Waals surface area contributed by atoms with E-state index in [4.69, 9.17) is 9.47 Å². The van der Waals surface area contributed by atoms with Gasteiger partial charge in [0.05, 0.1) is 11.5 Å². The number of aromatic nitrogens is 2. The molecule has 5 nitrogen and oxygen atoms in total. The predicted molar refractivity (Wildman–Crippen MR) is 85.3 cm³/mol. The molecule has 2 heterocycles. The molecule has 114 valence electrons. The summed E-state index contributed by atoms with van der Waals surface area (Å²) < 4.78 is 11.7. The molecule has 1 aliphatic carbocycles. The summed E-state index contributed by atoms with van der Waals surface area (Å²) in [5.41, 5.74) is 0. The van der Waals surface area contributed by atoms with Crippen molar-refractivity contribution in [1.29, 1.82) is 0 Å². The Morgan fingerprint density at radius 3 is 3.00 bits per heavy atom. The van der Waals surface area contributed by atoms with Gasteiger partial charge < -0.3 is 14.8 Å². The predicted octanol–water partition coefficient (Wildman–Crippen LogP) is 3.46. The molecule has 3 rings (SSSR count). The van der Waals surface area contributed by atoms with Crippen LogP contribution in [0.25, 0.3) is 10.2 Å². The number of thiophene rings is 1. The van der Waals surface area contributed by atoms with E-state index in [1.165, 1.54) is 0 Å². The van der Waals surface area contributed by atoms with Gasteiger partial charge in [-0.3, -0.25) is 0 Å². The van der Waals surface area contributed by atoms with Crippen molar-refractivity contribution in [2.24, 2.45) is 0 Å². The van der Waals surface area contributed by atoms with Gasteiger partial charge in [0.25, 0.3) is 0 Å². The van der Waals surface area contributed by atoms with E-state index in [0.29, 0.717) is 17.9 Å². The molecule has 0 saturated heterocycles. The zero-order chi connectivity index (χ0) is 14.7. The number of anilines is 1. The maximum atomic E-state index is 6.18.